The van der Waals surface area contributed by atoms with Gasteiger partial charge in [-0.25, -0.2) is 4.57 Å². The first-order valence-electron chi connectivity index (χ1n) is 8.18. The van der Waals surface area contributed by atoms with Crippen LogP contribution in [0.2, 0.25) is 0 Å². The average molecular weight is 421 g/mol. The summed E-state index contributed by atoms with van der Waals surface area (Å²) in [5.41, 5.74) is -2.55. The van der Waals surface area contributed by atoms with E-state index >= 15 is 0 Å². The van der Waals surface area contributed by atoms with E-state index in [0.29, 0.717) is 0 Å². The first-order chi connectivity index (χ1) is 12.6. The van der Waals surface area contributed by atoms with Gasteiger partial charge >= 0.3 is 13.7 Å². The number of hydrogen-bond acceptors (Lipinski definition) is 9. The summed E-state index contributed by atoms with van der Waals surface area (Å²) in [5.74, 6) is -0.414. The second-order valence-electron chi connectivity index (χ2n) is 6.27. The van der Waals surface area contributed by atoms with Crippen molar-refractivity contribution in [3.8, 4) is 5.75 Å². The minimum Gasteiger partial charge on any atom is -0.468 e. The molecule has 1 aromatic carbocycles. The zero-order valence-corrected chi connectivity index (χ0v) is 16.9. The van der Waals surface area contributed by atoms with Crippen molar-refractivity contribution in [2.24, 2.45) is 0 Å². The van der Waals surface area contributed by atoms with E-state index in [4.69, 9.17) is 13.8 Å². The number of methoxy groups -OCH3 is 1. The van der Waals surface area contributed by atoms with Gasteiger partial charge in [-0.15, -0.1) is 12.6 Å². The van der Waals surface area contributed by atoms with Gasteiger partial charge in [-0.3, -0.25) is 9.32 Å². The van der Waals surface area contributed by atoms with Gasteiger partial charge in [0.15, 0.2) is 0 Å². The Morgan fingerprint density at radius 1 is 1.44 bits per heavy atom. The van der Waals surface area contributed by atoms with Crippen LogP contribution in [0.25, 0.3) is 0 Å². The highest BCUT2D eigenvalue weighted by Crippen LogP contribution is 2.46. The molecule has 0 aliphatic carbocycles. The van der Waals surface area contributed by atoms with Crippen molar-refractivity contribution in [2.45, 2.75) is 43.1 Å². The summed E-state index contributed by atoms with van der Waals surface area (Å²) in [6.45, 7) is 2.43. The van der Waals surface area contributed by atoms with Gasteiger partial charge < -0.3 is 24.2 Å². The number of carbonyl (C=O) groups is 1. The topological polar surface area (TPSA) is 124 Å². The molecule has 27 heavy (non-hydrogen) atoms. The molecule has 0 spiro atoms. The average Bonchev–Trinajstić information content (AvgIpc) is 2.82. The Bertz CT molecular complexity index is 688. The SMILES string of the molecule is COC(=O)[C@@H](C)NP(=O)(OC[C@H]1OC(S)[C@](C)(O)[C@@H]1O)Oc1ccccc1. The highest BCUT2D eigenvalue weighted by Gasteiger charge is 2.51. The summed E-state index contributed by atoms with van der Waals surface area (Å²) >= 11 is 4.07. The third-order valence-electron chi connectivity index (χ3n) is 4.04. The first kappa shape index (κ1) is 22.2. The zero-order chi connectivity index (χ0) is 20.2. The maximum Gasteiger partial charge on any atom is 0.459 e. The van der Waals surface area contributed by atoms with Crippen molar-refractivity contribution in [3.05, 3.63) is 30.3 Å². The first-order valence-corrected chi connectivity index (χ1v) is 10.2. The number of hydrogen-bond donors (Lipinski definition) is 4. The Hall–Kier alpha value is -1.13. The monoisotopic (exact) mass is 421 g/mol. The van der Waals surface area contributed by atoms with Gasteiger partial charge in [-0.1, -0.05) is 18.2 Å². The molecule has 1 aliphatic heterocycles. The fourth-order valence-corrected chi connectivity index (χ4v) is 4.19. The predicted molar refractivity (Wildman–Crippen MR) is 99.5 cm³/mol. The molecule has 0 radical (unpaired) electrons. The molecular weight excluding hydrogens is 397 g/mol. The van der Waals surface area contributed by atoms with Crippen LogP contribution in [0.5, 0.6) is 5.75 Å². The third-order valence-corrected chi connectivity index (χ3v) is 6.33. The van der Waals surface area contributed by atoms with Crippen molar-refractivity contribution in [3.63, 3.8) is 0 Å². The van der Waals surface area contributed by atoms with Crippen LogP contribution in [-0.2, 0) is 23.4 Å². The normalized spacial score (nSPS) is 31.1. The minimum absolute atomic E-state index is 0.248. The lowest BCUT2D eigenvalue weighted by atomic mass is 9.99. The second kappa shape index (κ2) is 8.91. The van der Waals surface area contributed by atoms with E-state index in [2.05, 4.69) is 22.5 Å². The maximum absolute atomic E-state index is 13.1. The summed E-state index contributed by atoms with van der Waals surface area (Å²) in [5, 5.41) is 22.8. The summed E-state index contributed by atoms with van der Waals surface area (Å²) in [6, 6.07) is 7.25. The number of rotatable bonds is 8. The van der Waals surface area contributed by atoms with Gasteiger partial charge in [0.2, 0.25) is 0 Å². The number of ether oxygens (including phenoxy) is 2. The van der Waals surface area contributed by atoms with E-state index in [9.17, 15) is 19.6 Å². The summed E-state index contributed by atoms with van der Waals surface area (Å²) < 4.78 is 33.9. The fraction of sp³-hybridized carbons (Fsp3) is 0.562. The van der Waals surface area contributed by atoms with Crippen molar-refractivity contribution < 1.29 is 38.1 Å². The number of esters is 1. The number of nitrogens with one attached hydrogen (secondary N) is 1. The summed E-state index contributed by atoms with van der Waals surface area (Å²) in [6.07, 6.45) is -2.31. The summed E-state index contributed by atoms with van der Waals surface area (Å²) in [4.78, 5) is 11.7. The Labute approximate surface area is 163 Å². The molecule has 2 unspecified atom stereocenters. The molecule has 1 heterocycles. The van der Waals surface area contributed by atoms with E-state index in [1.54, 1.807) is 30.3 Å². The van der Waals surface area contributed by atoms with E-state index in [1.165, 1.54) is 21.0 Å². The molecule has 0 bridgehead atoms. The smallest absolute Gasteiger partial charge is 0.459 e. The Kier molecular flexibility index (Phi) is 7.32. The molecule has 1 fully saturated rings. The number of para-hydroxylation sites is 1. The largest absolute Gasteiger partial charge is 0.468 e. The number of aliphatic hydroxyl groups is 2. The molecule has 152 valence electrons. The summed E-state index contributed by atoms with van der Waals surface area (Å²) in [7, 11) is -2.86. The van der Waals surface area contributed by atoms with E-state index in [0.717, 1.165) is 0 Å². The van der Waals surface area contributed by atoms with Crippen molar-refractivity contribution >= 4 is 26.3 Å². The lowest BCUT2D eigenvalue weighted by molar-refractivity contribution is -0.142. The van der Waals surface area contributed by atoms with Crippen LogP contribution in [0, 0.1) is 0 Å². The van der Waals surface area contributed by atoms with Crippen LogP contribution >= 0.6 is 20.4 Å². The fourth-order valence-electron chi connectivity index (χ4n) is 2.38. The molecule has 6 atom stereocenters. The van der Waals surface area contributed by atoms with Crippen LogP contribution < -0.4 is 9.61 Å². The zero-order valence-electron chi connectivity index (χ0n) is 15.1. The van der Waals surface area contributed by atoms with Crippen LogP contribution in [0.15, 0.2) is 30.3 Å². The molecule has 0 saturated carbocycles. The number of carbonyl (C=O) groups excluding carboxylic acids is 1. The molecule has 9 nitrogen and oxygen atoms in total. The lowest BCUT2D eigenvalue weighted by Gasteiger charge is -2.25. The van der Waals surface area contributed by atoms with Crippen LogP contribution in [0.4, 0.5) is 0 Å². The minimum atomic E-state index is -4.05. The molecule has 3 N–H and O–H groups in total. The van der Waals surface area contributed by atoms with Gasteiger partial charge in [0, 0.05) is 0 Å². The van der Waals surface area contributed by atoms with Crippen LogP contribution in [-0.4, -0.2) is 59.2 Å². The third kappa shape index (κ3) is 5.45. The lowest BCUT2D eigenvalue weighted by Crippen LogP contribution is -2.44. The molecule has 1 aliphatic rings. The Balaban J connectivity index is 2.12. The van der Waals surface area contributed by atoms with Gasteiger partial charge in [-0.2, -0.15) is 5.09 Å². The number of benzene rings is 1. The quantitative estimate of drug-likeness (QED) is 0.278. The molecule has 11 heteroatoms. The number of aliphatic hydroxyl groups excluding tert-OH is 1. The highest BCUT2D eigenvalue weighted by atomic mass is 32.1. The molecule has 1 saturated heterocycles. The van der Waals surface area contributed by atoms with E-state index in [-0.39, 0.29) is 12.4 Å². The van der Waals surface area contributed by atoms with Crippen molar-refractivity contribution in [2.75, 3.05) is 13.7 Å². The van der Waals surface area contributed by atoms with E-state index in [1.807, 2.05) is 0 Å². The Morgan fingerprint density at radius 2 is 2.07 bits per heavy atom. The standard InChI is InChI=1S/C16H24NO8PS/c1-10(14(19)22-3)17-26(21,25-11-7-5-4-6-8-11)23-9-12-13(18)16(2,20)15(27)24-12/h4-8,10,12-13,15,18,20,27H,9H2,1-3H3,(H,17,21)/t10-,12-,13-,15?,16-,26?/m1/s1. The van der Waals surface area contributed by atoms with Gasteiger partial charge in [0.25, 0.3) is 0 Å². The molecular formula is C16H24NO8PS. The van der Waals surface area contributed by atoms with Crippen LogP contribution in [0.1, 0.15) is 13.8 Å². The van der Waals surface area contributed by atoms with E-state index < -0.39 is 43.0 Å². The Morgan fingerprint density at radius 3 is 2.59 bits per heavy atom. The van der Waals surface area contributed by atoms with Gasteiger partial charge in [-0.05, 0) is 26.0 Å². The molecule has 0 aromatic heterocycles. The molecule has 0 amide bonds. The molecule has 1 aromatic rings. The molecule has 2 rings (SSSR count). The van der Waals surface area contributed by atoms with Gasteiger partial charge in [0.05, 0.1) is 13.7 Å². The predicted octanol–water partition coefficient (Wildman–Crippen LogP) is 1.11. The van der Waals surface area contributed by atoms with Crippen molar-refractivity contribution in [1.82, 2.24) is 5.09 Å². The van der Waals surface area contributed by atoms with Crippen molar-refractivity contribution in [1.29, 1.82) is 0 Å². The highest BCUT2D eigenvalue weighted by molar-refractivity contribution is 7.80. The number of thiol groups is 1. The second-order valence-corrected chi connectivity index (χ2v) is 8.43. The van der Waals surface area contributed by atoms with Crippen LogP contribution in [0.3, 0.4) is 0 Å². The maximum atomic E-state index is 13.1. The van der Waals surface area contributed by atoms with Gasteiger partial charge in [0.1, 0.15) is 35.0 Å².